The lowest BCUT2D eigenvalue weighted by Crippen LogP contribution is -2.12. The highest BCUT2D eigenvalue weighted by Gasteiger charge is 2.18. The van der Waals surface area contributed by atoms with Crippen LogP contribution in [0.4, 0.5) is 11.9 Å². The van der Waals surface area contributed by atoms with Gasteiger partial charge in [0.25, 0.3) is 0 Å². The molecule has 152 valence electrons. The second-order valence-corrected chi connectivity index (χ2v) is 7.42. The van der Waals surface area contributed by atoms with Gasteiger partial charge in [0.2, 0.25) is 11.9 Å². The summed E-state index contributed by atoms with van der Waals surface area (Å²) in [6.45, 7) is 0. The van der Waals surface area contributed by atoms with Gasteiger partial charge in [-0.05, 0) is 25.0 Å². The van der Waals surface area contributed by atoms with Crippen molar-refractivity contribution >= 4 is 11.9 Å². The summed E-state index contributed by atoms with van der Waals surface area (Å²) in [5.41, 5.74) is 6.91. The van der Waals surface area contributed by atoms with Crippen LogP contribution in [0.3, 0.4) is 0 Å². The van der Waals surface area contributed by atoms with Crippen molar-refractivity contribution in [3.63, 3.8) is 0 Å². The molecule has 0 bridgehead atoms. The Morgan fingerprint density at radius 2 is 1.28 bits per heavy atom. The van der Waals surface area contributed by atoms with Crippen LogP contribution >= 0.6 is 0 Å². The Morgan fingerprint density at radius 1 is 0.690 bits per heavy atom. The Kier molecular flexibility index (Phi) is 8.45. The van der Waals surface area contributed by atoms with Crippen LogP contribution in [0.25, 0.3) is 0 Å². The molecule has 0 spiro atoms. The molecule has 0 aliphatic heterocycles. The highest BCUT2D eigenvalue weighted by Crippen LogP contribution is 2.29. The van der Waals surface area contributed by atoms with Gasteiger partial charge in [-0.2, -0.15) is 15.0 Å². The van der Waals surface area contributed by atoms with Crippen molar-refractivity contribution < 1.29 is 0 Å². The van der Waals surface area contributed by atoms with E-state index in [4.69, 9.17) is 10.7 Å². The Balaban J connectivity index is 1.78. The van der Waals surface area contributed by atoms with E-state index in [2.05, 4.69) is 15.3 Å². The van der Waals surface area contributed by atoms with Gasteiger partial charge < -0.3 is 11.1 Å². The average Bonchev–Trinajstić information content (AvgIpc) is 2.84. The van der Waals surface area contributed by atoms with E-state index in [1.54, 1.807) is 0 Å². The first kappa shape index (κ1) is 20.8. The molecule has 1 heterocycles. The molecule has 0 atom stereocenters. The Morgan fingerprint density at radius 3 is 1.97 bits per heavy atom. The van der Waals surface area contributed by atoms with Gasteiger partial charge in [-0.3, -0.25) is 0 Å². The number of nitrogens with one attached hydrogen (secondary N) is 1. The molecule has 0 saturated heterocycles. The van der Waals surface area contributed by atoms with E-state index in [-0.39, 0.29) is 5.95 Å². The second kappa shape index (κ2) is 11.8. The first-order valence-corrected chi connectivity index (χ1v) is 10.6. The number of anilines is 2. The van der Waals surface area contributed by atoms with Crippen molar-refractivity contribution in [1.82, 2.24) is 15.0 Å². The van der Waals surface area contributed by atoms with E-state index in [0.717, 1.165) is 24.4 Å². The molecule has 2 aliphatic carbocycles. The quantitative estimate of drug-likeness (QED) is 0.687. The molecule has 1 fully saturated rings. The maximum atomic E-state index is 6.03. The van der Waals surface area contributed by atoms with E-state index in [1.165, 1.54) is 38.5 Å². The molecule has 0 aromatic carbocycles. The van der Waals surface area contributed by atoms with Crippen LogP contribution in [0.2, 0.25) is 0 Å². The molecule has 5 nitrogen and oxygen atoms in total. The third-order valence-corrected chi connectivity index (χ3v) is 5.09. The number of hydrogen-bond donors (Lipinski definition) is 2. The Labute approximate surface area is 173 Å². The van der Waals surface area contributed by atoms with Crippen LogP contribution in [0.1, 0.15) is 63.1 Å². The fraction of sp³-hybridized carbons (Fsp3) is 0.375. The topological polar surface area (TPSA) is 76.7 Å². The normalized spacial score (nSPS) is 26.1. The monoisotopic (exact) mass is 389 g/mol. The smallest absolute Gasteiger partial charge is 0.232 e. The molecule has 0 radical (unpaired) electrons. The summed E-state index contributed by atoms with van der Waals surface area (Å²) >= 11 is 0. The number of allylic oxidation sites excluding steroid dienone is 11. The third kappa shape index (κ3) is 7.53. The predicted molar refractivity (Wildman–Crippen MR) is 121 cm³/mol. The fourth-order valence-electron chi connectivity index (χ4n) is 3.57. The molecule has 0 amide bonds. The molecule has 1 aromatic heterocycles. The molecule has 1 saturated carbocycles. The summed E-state index contributed by atoms with van der Waals surface area (Å²) in [6.07, 6.45) is 31.8. The van der Waals surface area contributed by atoms with Gasteiger partial charge >= 0.3 is 0 Å². The number of nitrogen functional groups attached to an aromatic ring is 1. The Bertz CT molecular complexity index is 820. The lowest BCUT2D eigenvalue weighted by atomic mass is 9.96. The van der Waals surface area contributed by atoms with Crippen LogP contribution in [0, 0.1) is 0 Å². The van der Waals surface area contributed by atoms with E-state index in [1.807, 2.05) is 66.8 Å². The van der Waals surface area contributed by atoms with Gasteiger partial charge in [0.05, 0.1) is 0 Å². The van der Waals surface area contributed by atoms with Gasteiger partial charge in [-0.1, -0.05) is 93.2 Å². The van der Waals surface area contributed by atoms with Crippen molar-refractivity contribution in [2.75, 3.05) is 11.1 Å². The molecule has 29 heavy (non-hydrogen) atoms. The first-order valence-electron chi connectivity index (χ1n) is 10.6. The summed E-state index contributed by atoms with van der Waals surface area (Å²) in [6, 6.07) is 0. The number of nitrogens with zero attached hydrogens (tertiary/aromatic N) is 3. The largest absolute Gasteiger partial charge is 0.368 e. The molecule has 3 N–H and O–H groups in total. The van der Waals surface area contributed by atoms with Crippen LogP contribution in [-0.4, -0.2) is 15.0 Å². The van der Waals surface area contributed by atoms with Crippen molar-refractivity contribution in [3.05, 3.63) is 78.4 Å². The summed E-state index contributed by atoms with van der Waals surface area (Å²) < 4.78 is 0. The van der Waals surface area contributed by atoms with E-state index < -0.39 is 0 Å². The van der Waals surface area contributed by atoms with Crippen LogP contribution in [0.15, 0.2) is 72.5 Å². The molecule has 2 aliphatic rings. The lowest BCUT2D eigenvalue weighted by Gasteiger charge is -2.16. The highest BCUT2D eigenvalue weighted by molar-refractivity contribution is 5.44. The number of hydrogen-bond acceptors (Lipinski definition) is 5. The summed E-state index contributed by atoms with van der Waals surface area (Å²) in [5, 5.41) is 3.30. The summed E-state index contributed by atoms with van der Waals surface area (Å²) in [4.78, 5) is 13.5. The van der Waals surface area contributed by atoms with Crippen LogP contribution in [-0.2, 0) is 0 Å². The zero-order valence-electron chi connectivity index (χ0n) is 17.0. The zero-order valence-corrected chi connectivity index (χ0v) is 17.0. The van der Waals surface area contributed by atoms with Gasteiger partial charge in [-0.25, -0.2) is 0 Å². The summed E-state index contributed by atoms with van der Waals surface area (Å²) in [7, 11) is 0. The van der Waals surface area contributed by atoms with Crippen molar-refractivity contribution in [1.29, 1.82) is 0 Å². The minimum absolute atomic E-state index is 0.276. The van der Waals surface area contributed by atoms with Crippen molar-refractivity contribution in [2.24, 2.45) is 0 Å². The lowest BCUT2D eigenvalue weighted by molar-refractivity contribution is 0.515. The fourth-order valence-corrected chi connectivity index (χ4v) is 3.57. The molecule has 0 unspecified atom stereocenters. The predicted octanol–water partition coefficient (Wildman–Crippen LogP) is 5.76. The standard InChI is InChI=1S/C24H31N5/c25-23-27-22(20-16-12-8-6-7-9-13-17-20)28-24(29-23)26-21-18-14-10-4-2-1-3-5-11-15-19-21/h1-5,10-11,14-15,18-20H,6-9,12-13,16-17H2,(H3,25,26,27,28,29)/b2-1-,3-1?,4-2?,5-3-,10-4-,11-5?,14-10?,15-11-,18-14-,19-15?,21-18?,21-19+. The molecular weight excluding hydrogens is 358 g/mol. The minimum atomic E-state index is 0.276. The maximum absolute atomic E-state index is 6.03. The second-order valence-electron chi connectivity index (χ2n) is 7.42. The van der Waals surface area contributed by atoms with Crippen LogP contribution < -0.4 is 11.1 Å². The Hall–Kier alpha value is -2.95. The third-order valence-electron chi connectivity index (χ3n) is 5.09. The van der Waals surface area contributed by atoms with Crippen molar-refractivity contribution in [2.45, 2.75) is 57.3 Å². The van der Waals surface area contributed by atoms with Gasteiger partial charge in [-0.15, -0.1) is 0 Å². The number of aromatic nitrogens is 3. The van der Waals surface area contributed by atoms with E-state index >= 15 is 0 Å². The van der Waals surface area contributed by atoms with Gasteiger partial charge in [0, 0.05) is 11.6 Å². The van der Waals surface area contributed by atoms with Crippen LogP contribution in [0.5, 0.6) is 0 Å². The highest BCUT2D eigenvalue weighted by atomic mass is 15.2. The van der Waals surface area contributed by atoms with E-state index in [0.29, 0.717) is 11.9 Å². The minimum Gasteiger partial charge on any atom is -0.368 e. The number of rotatable bonds is 3. The molecule has 3 rings (SSSR count). The van der Waals surface area contributed by atoms with E-state index in [9.17, 15) is 0 Å². The number of nitrogens with two attached hydrogens (primary N) is 1. The van der Waals surface area contributed by atoms with Gasteiger partial charge in [0.15, 0.2) is 0 Å². The molecule has 1 aromatic rings. The zero-order chi connectivity index (χ0) is 20.2. The van der Waals surface area contributed by atoms with Crippen molar-refractivity contribution in [3.8, 4) is 0 Å². The first-order chi connectivity index (χ1) is 14.3. The SMILES string of the molecule is Nc1nc(NC2=C/C=C\C=C/C=C\C=C/C=C\2)nc(C2CCCCCCCC2)n1. The average molecular weight is 390 g/mol. The molecular formula is C24H31N5. The summed E-state index contributed by atoms with van der Waals surface area (Å²) in [5.74, 6) is 1.96. The maximum Gasteiger partial charge on any atom is 0.232 e. The van der Waals surface area contributed by atoms with Gasteiger partial charge in [0.1, 0.15) is 5.82 Å². The molecule has 5 heteroatoms.